The summed E-state index contributed by atoms with van der Waals surface area (Å²) in [4.78, 5) is 14.9. The molecule has 0 bridgehead atoms. The lowest BCUT2D eigenvalue weighted by molar-refractivity contribution is -0.162. The smallest absolute Gasteiger partial charge is 0.422 e. The molecule has 0 aromatic heterocycles. The number of carbonyl (C=O) groups is 1. The van der Waals surface area contributed by atoms with Gasteiger partial charge in [0, 0.05) is 39.3 Å². The summed E-state index contributed by atoms with van der Waals surface area (Å²) in [5, 5.41) is 0. The monoisotopic (exact) mass is 296 g/mol. The molecule has 1 atom stereocenters. The Labute approximate surface area is 115 Å². The van der Waals surface area contributed by atoms with Gasteiger partial charge in [0.25, 0.3) is 0 Å². The minimum Gasteiger partial charge on any atom is -0.440 e. The van der Waals surface area contributed by atoms with Gasteiger partial charge in [0.2, 0.25) is 0 Å². The summed E-state index contributed by atoms with van der Waals surface area (Å²) < 4.78 is 45.6. The molecule has 2 aliphatic heterocycles. The van der Waals surface area contributed by atoms with Crippen molar-refractivity contribution in [3.63, 3.8) is 0 Å². The quantitative estimate of drug-likeness (QED) is 0.791. The van der Waals surface area contributed by atoms with E-state index in [0.717, 1.165) is 26.0 Å². The number of amides is 1. The zero-order valence-electron chi connectivity index (χ0n) is 11.2. The van der Waals surface area contributed by atoms with E-state index in [1.807, 2.05) is 0 Å². The van der Waals surface area contributed by atoms with Crippen LogP contribution in [0.3, 0.4) is 0 Å². The molecule has 0 spiro atoms. The fourth-order valence-electron chi connectivity index (χ4n) is 2.42. The van der Waals surface area contributed by atoms with Gasteiger partial charge < -0.3 is 14.4 Å². The van der Waals surface area contributed by atoms with Crippen LogP contribution in [0.1, 0.15) is 12.8 Å². The molecule has 2 rings (SSSR count). The molecule has 0 saturated carbocycles. The molecule has 2 fully saturated rings. The maximum absolute atomic E-state index is 12.0. The van der Waals surface area contributed by atoms with Crippen LogP contribution in [0.2, 0.25) is 0 Å². The first-order chi connectivity index (χ1) is 9.44. The van der Waals surface area contributed by atoms with Gasteiger partial charge in [0.05, 0.1) is 6.10 Å². The summed E-state index contributed by atoms with van der Waals surface area (Å²) in [6.45, 7) is 2.16. The molecule has 0 radical (unpaired) electrons. The first-order valence-corrected chi connectivity index (χ1v) is 6.76. The Kier molecular flexibility index (Phi) is 5.09. The lowest BCUT2D eigenvalue weighted by atomic mass is 10.2. The SMILES string of the molecule is O=C(OCC(F)(F)F)N1CCN(CC2CCCO2)CC1. The lowest BCUT2D eigenvalue weighted by Crippen LogP contribution is -2.50. The highest BCUT2D eigenvalue weighted by molar-refractivity contribution is 5.67. The molecule has 20 heavy (non-hydrogen) atoms. The van der Waals surface area contributed by atoms with E-state index in [4.69, 9.17) is 4.74 Å². The standard InChI is InChI=1S/C12H19F3N2O3/c13-12(14,15)9-20-11(18)17-5-3-16(4-6-17)8-10-2-1-7-19-10/h10H,1-9H2. The second-order valence-electron chi connectivity index (χ2n) is 5.09. The van der Waals surface area contributed by atoms with Crippen LogP contribution in [0.4, 0.5) is 18.0 Å². The molecule has 116 valence electrons. The largest absolute Gasteiger partial charge is 0.440 e. The van der Waals surface area contributed by atoms with Crippen molar-refractivity contribution in [2.75, 3.05) is 45.9 Å². The van der Waals surface area contributed by atoms with Crippen LogP contribution >= 0.6 is 0 Å². The highest BCUT2D eigenvalue weighted by Crippen LogP contribution is 2.17. The van der Waals surface area contributed by atoms with Crippen LogP contribution in [-0.4, -0.2) is 74.1 Å². The second-order valence-corrected chi connectivity index (χ2v) is 5.09. The number of piperazine rings is 1. The van der Waals surface area contributed by atoms with Crippen molar-refractivity contribution in [3.8, 4) is 0 Å². The summed E-state index contributed by atoms with van der Waals surface area (Å²) in [5.74, 6) is 0. The topological polar surface area (TPSA) is 42.0 Å². The Hall–Kier alpha value is -1.02. The van der Waals surface area contributed by atoms with Gasteiger partial charge in [-0.2, -0.15) is 13.2 Å². The van der Waals surface area contributed by atoms with E-state index in [0.29, 0.717) is 26.2 Å². The molecular weight excluding hydrogens is 277 g/mol. The zero-order chi connectivity index (χ0) is 14.6. The summed E-state index contributed by atoms with van der Waals surface area (Å²) in [6.07, 6.45) is -2.99. The Morgan fingerprint density at radius 1 is 1.25 bits per heavy atom. The summed E-state index contributed by atoms with van der Waals surface area (Å²) in [7, 11) is 0. The van der Waals surface area contributed by atoms with Gasteiger partial charge in [0.1, 0.15) is 0 Å². The number of alkyl halides is 3. The third-order valence-corrected chi connectivity index (χ3v) is 3.48. The first kappa shape index (κ1) is 15.4. The van der Waals surface area contributed by atoms with Crippen LogP contribution in [0, 0.1) is 0 Å². The molecule has 2 saturated heterocycles. The van der Waals surface area contributed by atoms with Crippen molar-refractivity contribution in [3.05, 3.63) is 0 Å². The van der Waals surface area contributed by atoms with Gasteiger partial charge in [-0.05, 0) is 12.8 Å². The summed E-state index contributed by atoms with van der Waals surface area (Å²) in [5.41, 5.74) is 0. The number of ether oxygens (including phenoxy) is 2. The van der Waals surface area contributed by atoms with Crippen LogP contribution in [0.25, 0.3) is 0 Å². The van der Waals surface area contributed by atoms with Crippen molar-refractivity contribution in [1.82, 2.24) is 9.80 Å². The maximum atomic E-state index is 12.0. The molecule has 8 heteroatoms. The molecule has 2 heterocycles. The van der Waals surface area contributed by atoms with Gasteiger partial charge in [-0.1, -0.05) is 0 Å². The van der Waals surface area contributed by atoms with Crippen molar-refractivity contribution in [2.45, 2.75) is 25.1 Å². The van der Waals surface area contributed by atoms with E-state index in [1.165, 1.54) is 4.90 Å². The van der Waals surface area contributed by atoms with Gasteiger partial charge in [-0.25, -0.2) is 4.79 Å². The van der Waals surface area contributed by atoms with Gasteiger partial charge >= 0.3 is 12.3 Å². The van der Waals surface area contributed by atoms with Crippen LogP contribution < -0.4 is 0 Å². The fourth-order valence-corrected chi connectivity index (χ4v) is 2.42. The highest BCUT2D eigenvalue weighted by Gasteiger charge is 2.32. The Bertz CT molecular complexity index is 324. The minimum absolute atomic E-state index is 0.249. The van der Waals surface area contributed by atoms with Gasteiger partial charge in [-0.15, -0.1) is 0 Å². The maximum Gasteiger partial charge on any atom is 0.422 e. The van der Waals surface area contributed by atoms with E-state index >= 15 is 0 Å². The highest BCUT2D eigenvalue weighted by atomic mass is 19.4. The number of rotatable bonds is 3. The van der Waals surface area contributed by atoms with E-state index in [1.54, 1.807) is 0 Å². The summed E-state index contributed by atoms with van der Waals surface area (Å²) in [6, 6.07) is 0. The van der Waals surface area contributed by atoms with E-state index in [2.05, 4.69) is 9.64 Å². The fraction of sp³-hybridized carbons (Fsp3) is 0.917. The zero-order valence-corrected chi connectivity index (χ0v) is 11.2. The number of carbonyl (C=O) groups excluding carboxylic acids is 1. The van der Waals surface area contributed by atoms with E-state index in [9.17, 15) is 18.0 Å². The van der Waals surface area contributed by atoms with Crippen molar-refractivity contribution in [2.24, 2.45) is 0 Å². The Morgan fingerprint density at radius 2 is 1.95 bits per heavy atom. The van der Waals surface area contributed by atoms with Crippen LogP contribution in [0.5, 0.6) is 0 Å². The molecule has 2 aliphatic rings. The van der Waals surface area contributed by atoms with E-state index in [-0.39, 0.29) is 6.10 Å². The van der Waals surface area contributed by atoms with Crippen LogP contribution in [0.15, 0.2) is 0 Å². The molecule has 1 amide bonds. The second kappa shape index (κ2) is 6.62. The van der Waals surface area contributed by atoms with Gasteiger partial charge in [0.15, 0.2) is 6.61 Å². The number of nitrogens with zero attached hydrogens (tertiary/aromatic N) is 2. The Morgan fingerprint density at radius 3 is 2.50 bits per heavy atom. The predicted octanol–water partition coefficient (Wildman–Crippen LogP) is 1.48. The minimum atomic E-state index is -4.47. The van der Waals surface area contributed by atoms with Gasteiger partial charge in [-0.3, -0.25) is 4.90 Å². The number of hydrogen-bond acceptors (Lipinski definition) is 4. The predicted molar refractivity (Wildman–Crippen MR) is 64.4 cm³/mol. The van der Waals surface area contributed by atoms with Crippen molar-refractivity contribution in [1.29, 1.82) is 0 Å². The van der Waals surface area contributed by atoms with E-state index < -0.39 is 18.9 Å². The molecule has 5 nitrogen and oxygen atoms in total. The number of halogens is 3. The third-order valence-electron chi connectivity index (χ3n) is 3.48. The van der Waals surface area contributed by atoms with Crippen molar-refractivity contribution < 1.29 is 27.4 Å². The average Bonchev–Trinajstić information content (AvgIpc) is 2.89. The lowest BCUT2D eigenvalue weighted by Gasteiger charge is -2.35. The average molecular weight is 296 g/mol. The normalized spacial score (nSPS) is 24.9. The number of hydrogen-bond donors (Lipinski definition) is 0. The molecule has 1 unspecified atom stereocenters. The summed E-state index contributed by atoms with van der Waals surface area (Å²) >= 11 is 0. The first-order valence-electron chi connectivity index (χ1n) is 6.76. The molecule has 0 aliphatic carbocycles. The third kappa shape index (κ3) is 4.82. The molecule has 0 aromatic rings. The van der Waals surface area contributed by atoms with Crippen LogP contribution in [-0.2, 0) is 9.47 Å². The molecule has 0 N–H and O–H groups in total. The Balaban J connectivity index is 1.66. The van der Waals surface area contributed by atoms with Crippen molar-refractivity contribution >= 4 is 6.09 Å². The molecular formula is C12H19F3N2O3. The molecule has 0 aromatic carbocycles.